The van der Waals surface area contributed by atoms with Crippen LogP contribution in [0.25, 0.3) is 0 Å². The molecule has 5 nitrogen and oxygen atoms in total. The van der Waals surface area contributed by atoms with Crippen molar-refractivity contribution in [2.75, 3.05) is 26.3 Å². The molecule has 0 aromatic carbocycles. The molecule has 2 aliphatic rings. The lowest BCUT2D eigenvalue weighted by atomic mass is 9.89. The van der Waals surface area contributed by atoms with Crippen molar-refractivity contribution in [3.63, 3.8) is 0 Å². The minimum Gasteiger partial charge on any atom is -0.379 e. The van der Waals surface area contributed by atoms with Gasteiger partial charge in [0.1, 0.15) is 0 Å². The first-order chi connectivity index (χ1) is 10.8. The summed E-state index contributed by atoms with van der Waals surface area (Å²) in [4.78, 5) is 16.8. The van der Waals surface area contributed by atoms with Crippen LogP contribution in [0.4, 0.5) is 22.4 Å². The number of urea groups is 1. The van der Waals surface area contributed by atoms with Crippen LogP contribution >= 0.6 is 0 Å². The third-order valence-corrected chi connectivity index (χ3v) is 4.26. The molecule has 0 spiro atoms. The van der Waals surface area contributed by atoms with Crippen molar-refractivity contribution in [2.24, 2.45) is 0 Å². The van der Waals surface area contributed by atoms with Gasteiger partial charge in [0, 0.05) is 31.0 Å². The molecule has 1 aromatic rings. The van der Waals surface area contributed by atoms with E-state index in [9.17, 15) is 22.4 Å². The number of hydrogen-bond acceptors (Lipinski definition) is 3. The van der Waals surface area contributed by atoms with Crippen molar-refractivity contribution in [1.82, 2.24) is 15.2 Å². The van der Waals surface area contributed by atoms with Gasteiger partial charge in [-0.25, -0.2) is 9.18 Å². The Morgan fingerprint density at radius 2 is 2.13 bits per heavy atom. The molecular weight excluding hydrogens is 318 g/mol. The van der Waals surface area contributed by atoms with Gasteiger partial charge in [-0.1, -0.05) is 6.07 Å². The van der Waals surface area contributed by atoms with E-state index in [0.29, 0.717) is 5.56 Å². The zero-order valence-electron chi connectivity index (χ0n) is 12.1. The van der Waals surface area contributed by atoms with Gasteiger partial charge in [0.05, 0.1) is 19.7 Å². The number of rotatable bonds is 2. The van der Waals surface area contributed by atoms with E-state index in [2.05, 4.69) is 4.98 Å². The number of carbonyl (C=O) groups excluding carboxylic acids is 1. The van der Waals surface area contributed by atoms with Crippen molar-refractivity contribution in [1.29, 1.82) is 0 Å². The highest BCUT2D eigenvalue weighted by Crippen LogP contribution is 2.39. The Morgan fingerprint density at radius 3 is 2.65 bits per heavy atom. The van der Waals surface area contributed by atoms with Gasteiger partial charge in [0.25, 0.3) is 0 Å². The first kappa shape index (κ1) is 16.0. The number of nitrogens with one attached hydrogen (secondary N) is 1. The second-order valence-corrected chi connectivity index (χ2v) is 5.88. The molecule has 1 atom stereocenters. The summed E-state index contributed by atoms with van der Waals surface area (Å²) >= 11 is 0. The smallest absolute Gasteiger partial charge is 0.379 e. The minimum atomic E-state index is -4.62. The third-order valence-electron chi connectivity index (χ3n) is 4.26. The van der Waals surface area contributed by atoms with Crippen molar-refractivity contribution in [3.8, 4) is 0 Å². The molecule has 0 bridgehead atoms. The van der Waals surface area contributed by atoms with E-state index >= 15 is 0 Å². The van der Waals surface area contributed by atoms with Gasteiger partial charge in [0.2, 0.25) is 0 Å². The van der Waals surface area contributed by atoms with E-state index in [0.717, 1.165) is 4.90 Å². The summed E-state index contributed by atoms with van der Waals surface area (Å²) in [6.45, 7) is -1.32. The summed E-state index contributed by atoms with van der Waals surface area (Å²) < 4.78 is 58.9. The number of amides is 2. The maximum absolute atomic E-state index is 14.6. The second-order valence-electron chi connectivity index (χ2n) is 5.88. The fourth-order valence-electron chi connectivity index (χ4n) is 2.75. The Morgan fingerprint density at radius 1 is 1.39 bits per heavy atom. The predicted octanol–water partition coefficient (Wildman–Crippen LogP) is 1.99. The number of carbonyl (C=O) groups is 1. The number of hydrogen-bond donors (Lipinski definition) is 1. The third kappa shape index (κ3) is 2.73. The lowest BCUT2D eigenvalue weighted by molar-refractivity contribution is -0.193. The Bertz CT molecular complexity index is 581. The predicted molar refractivity (Wildman–Crippen MR) is 71.3 cm³/mol. The molecule has 2 aliphatic heterocycles. The first-order valence-corrected chi connectivity index (χ1v) is 7.07. The number of likely N-dealkylation sites (tertiary alicyclic amines) is 1. The van der Waals surface area contributed by atoms with E-state index in [1.807, 2.05) is 5.32 Å². The molecule has 2 saturated heterocycles. The Balaban J connectivity index is 1.65. The Kier molecular flexibility index (Phi) is 3.70. The zero-order chi connectivity index (χ0) is 16.7. The van der Waals surface area contributed by atoms with Crippen LogP contribution in [0.3, 0.4) is 0 Å². The van der Waals surface area contributed by atoms with Crippen molar-refractivity contribution >= 4 is 6.03 Å². The molecule has 1 unspecified atom stereocenters. The summed E-state index contributed by atoms with van der Waals surface area (Å²) in [5, 5.41) is 1.98. The average molecular weight is 333 g/mol. The first-order valence-electron chi connectivity index (χ1n) is 7.07. The summed E-state index contributed by atoms with van der Waals surface area (Å²) in [6, 6.07) is 2.16. The van der Waals surface area contributed by atoms with Crippen LogP contribution in [0.1, 0.15) is 12.0 Å². The van der Waals surface area contributed by atoms with Crippen LogP contribution in [0.15, 0.2) is 24.5 Å². The summed E-state index contributed by atoms with van der Waals surface area (Å²) in [7, 11) is 0. The van der Waals surface area contributed by atoms with E-state index in [1.54, 1.807) is 6.07 Å². The average Bonchev–Trinajstić information content (AvgIpc) is 2.94. The SMILES string of the molecule is O=C(NC1(C(F)(F)F)CCOC1)N1CC(F)(c2cccnc2)C1. The minimum absolute atomic E-state index is 0.0808. The van der Waals surface area contributed by atoms with Crippen molar-refractivity contribution in [2.45, 2.75) is 23.8 Å². The van der Waals surface area contributed by atoms with E-state index in [1.165, 1.54) is 18.5 Å². The normalized spacial score (nSPS) is 26.7. The highest BCUT2D eigenvalue weighted by atomic mass is 19.4. The van der Waals surface area contributed by atoms with E-state index in [4.69, 9.17) is 4.74 Å². The van der Waals surface area contributed by atoms with E-state index < -0.39 is 30.0 Å². The number of pyridine rings is 1. The monoisotopic (exact) mass is 333 g/mol. The molecule has 0 radical (unpaired) electrons. The molecule has 0 saturated carbocycles. The molecule has 3 rings (SSSR count). The topological polar surface area (TPSA) is 54.5 Å². The second kappa shape index (κ2) is 5.33. The van der Waals surface area contributed by atoms with Crippen LogP contribution in [0.2, 0.25) is 0 Å². The fourth-order valence-corrected chi connectivity index (χ4v) is 2.75. The maximum atomic E-state index is 14.6. The van der Waals surface area contributed by atoms with Gasteiger partial charge in [-0.3, -0.25) is 4.98 Å². The van der Waals surface area contributed by atoms with Gasteiger partial charge in [-0.15, -0.1) is 0 Å². The molecule has 23 heavy (non-hydrogen) atoms. The molecule has 126 valence electrons. The lowest BCUT2D eigenvalue weighted by Crippen LogP contribution is -2.67. The van der Waals surface area contributed by atoms with Crippen molar-refractivity contribution in [3.05, 3.63) is 30.1 Å². The number of halogens is 4. The zero-order valence-corrected chi connectivity index (χ0v) is 12.1. The van der Waals surface area contributed by atoms with Crippen LogP contribution in [0.5, 0.6) is 0 Å². The number of ether oxygens (including phenoxy) is 1. The van der Waals surface area contributed by atoms with Crippen LogP contribution in [0, 0.1) is 0 Å². The van der Waals surface area contributed by atoms with E-state index in [-0.39, 0.29) is 26.1 Å². The van der Waals surface area contributed by atoms with Gasteiger partial charge in [-0.2, -0.15) is 13.2 Å². The molecule has 3 heterocycles. The molecule has 0 aliphatic carbocycles. The molecule has 1 aromatic heterocycles. The standard InChI is InChI=1S/C14H15F4N3O2/c15-12(10-2-1-4-19-6-10)7-21(8-12)11(22)20-13(14(16,17)18)3-5-23-9-13/h1-2,4,6H,3,5,7-9H2,(H,20,22). The number of nitrogens with zero attached hydrogens (tertiary/aromatic N) is 2. The van der Waals surface area contributed by atoms with Crippen LogP contribution < -0.4 is 5.32 Å². The van der Waals surface area contributed by atoms with Gasteiger partial charge >= 0.3 is 12.2 Å². The Labute approximate surface area is 129 Å². The van der Waals surface area contributed by atoms with Gasteiger partial charge in [0.15, 0.2) is 11.2 Å². The summed E-state index contributed by atoms with van der Waals surface area (Å²) in [5.41, 5.74) is -3.87. The number of alkyl halides is 4. The number of aromatic nitrogens is 1. The summed E-state index contributed by atoms with van der Waals surface area (Å²) in [5.74, 6) is 0. The highest BCUT2D eigenvalue weighted by Gasteiger charge is 2.59. The highest BCUT2D eigenvalue weighted by molar-refractivity contribution is 5.76. The fraction of sp³-hybridized carbons (Fsp3) is 0.571. The van der Waals surface area contributed by atoms with Crippen LogP contribution in [-0.2, 0) is 10.4 Å². The molecule has 2 amide bonds. The molecule has 9 heteroatoms. The quantitative estimate of drug-likeness (QED) is 0.842. The van der Waals surface area contributed by atoms with Crippen molar-refractivity contribution < 1.29 is 27.1 Å². The molecule has 1 N–H and O–H groups in total. The Hall–Kier alpha value is -1.90. The molecular formula is C14H15F4N3O2. The van der Waals surface area contributed by atoms with Gasteiger partial charge in [-0.05, 0) is 6.07 Å². The lowest BCUT2D eigenvalue weighted by Gasteiger charge is -2.45. The largest absolute Gasteiger partial charge is 0.413 e. The van der Waals surface area contributed by atoms with Gasteiger partial charge < -0.3 is 15.0 Å². The molecule has 2 fully saturated rings. The van der Waals surface area contributed by atoms with Crippen LogP contribution in [-0.4, -0.2) is 53.9 Å². The summed E-state index contributed by atoms with van der Waals surface area (Å²) in [6.07, 6.45) is -2.14. The maximum Gasteiger partial charge on any atom is 0.413 e.